The van der Waals surface area contributed by atoms with Crippen molar-refractivity contribution in [1.82, 2.24) is 10.2 Å². The number of benzene rings is 2. The second kappa shape index (κ2) is 10.8. The molecule has 0 radical (unpaired) electrons. The van der Waals surface area contributed by atoms with Crippen molar-refractivity contribution in [3.8, 4) is 0 Å². The van der Waals surface area contributed by atoms with Gasteiger partial charge in [0.05, 0.1) is 29.5 Å². The average Bonchev–Trinajstić information content (AvgIpc) is 3.22. The second-order valence-electron chi connectivity index (χ2n) is 8.39. The fourth-order valence-corrected chi connectivity index (χ4v) is 4.11. The van der Waals surface area contributed by atoms with Crippen LogP contribution in [0.2, 0.25) is 0 Å². The lowest BCUT2D eigenvalue weighted by molar-refractivity contribution is -0.126. The van der Waals surface area contributed by atoms with Crippen LogP contribution in [0.1, 0.15) is 12.5 Å². The number of ether oxygens (including phenoxy) is 1. The van der Waals surface area contributed by atoms with Crippen LogP contribution >= 0.6 is 12.2 Å². The van der Waals surface area contributed by atoms with Crippen LogP contribution in [0.25, 0.3) is 6.08 Å². The van der Waals surface area contributed by atoms with Gasteiger partial charge in [-0.05, 0) is 48.9 Å². The molecule has 1 atom stereocenters. The van der Waals surface area contributed by atoms with Crippen molar-refractivity contribution in [2.24, 2.45) is 0 Å². The van der Waals surface area contributed by atoms with E-state index in [0.29, 0.717) is 55.6 Å². The molecule has 35 heavy (non-hydrogen) atoms. The van der Waals surface area contributed by atoms with Gasteiger partial charge in [-0.2, -0.15) is 0 Å². The number of rotatable bonds is 6. The third-order valence-electron chi connectivity index (χ3n) is 5.92. The van der Waals surface area contributed by atoms with E-state index >= 15 is 0 Å². The van der Waals surface area contributed by atoms with E-state index < -0.39 is 11.9 Å². The monoisotopic (exact) mass is 500 g/mol. The van der Waals surface area contributed by atoms with Gasteiger partial charge in [0.15, 0.2) is 0 Å². The van der Waals surface area contributed by atoms with E-state index in [1.54, 1.807) is 42.2 Å². The van der Waals surface area contributed by atoms with Gasteiger partial charge in [0.1, 0.15) is 17.7 Å². The molecule has 1 N–H and O–H groups in total. The third kappa shape index (κ3) is 6.13. The molecule has 4 rings (SSSR count). The van der Waals surface area contributed by atoms with Gasteiger partial charge in [-0.1, -0.05) is 24.4 Å². The normalized spacial score (nSPS) is 18.2. The van der Waals surface area contributed by atoms with Gasteiger partial charge in [0.25, 0.3) is 0 Å². The first-order valence-electron chi connectivity index (χ1n) is 11.3. The molecule has 10 heteroatoms. The van der Waals surface area contributed by atoms with Crippen LogP contribution in [0.15, 0.2) is 48.5 Å². The molecule has 2 fully saturated rings. The Morgan fingerprint density at radius 2 is 1.86 bits per heavy atom. The smallest absolute Gasteiger partial charge is 0.414 e. The number of nitrogens with zero attached hydrogens (tertiary/aromatic N) is 3. The fraction of sp³-hybridized carbons (Fsp3) is 0.320. The first-order chi connectivity index (χ1) is 16.8. The van der Waals surface area contributed by atoms with E-state index in [9.17, 15) is 18.4 Å². The Kier molecular flexibility index (Phi) is 7.60. The van der Waals surface area contributed by atoms with E-state index in [-0.39, 0.29) is 17.8 Å². The minimum Gasteiger partial charge on any atom is -0.442 e. The highest BCUT2D eigenvalue weighted by atomic mass is 32.1. The molecule has 2 aliphatic rings. The predicted octanol–water partition coefficient (Wildman–Crippen LogP) is 3.59. The number of hydrogen-bond donors (Lipinski definition) is 1. The quantitative estimate of drug-likeness (QED) is 0.483. The summed E-state index contributed by atoms with van der Waals surface area (Å²) in [6.07, 6.45) is 2.22. The lowest BCUT2D eigenvalue weighted by atomic mass is 10.2. The Morgan fingerprint density at radius 3 is 2.51 bits per heavy atom. The molecule has 184 valence electrons. The number of nitrogens with one attached hydrogen (secondary N) is 1. The first-order valence-corrected chi connectivity index (χ1v) is 11.7. The van der Waals surface area contributed by atoms with Crippen molar-refractivity contribution in [2.45, 2.75) is 13.0 Å². The number of piperazine rings is 1. The van der Waals surface area contributed by atoms with Crippen LogP contribution in [0, 0.1) is 11.6 Å². The Labute approximate surface area is 207 Å². The van der Waals surface area contributed by atoms with E-state index in [0.717, 1.165) is 5.56 Å². The highest BCUT2D eigenvalue weighted by Gasteiger charge is 2.33. The van der Waals surface area contributed by atoms with Crippen molar-refractivity contribution in [1.29, 1.82) is 0 Å². The number of halogens is 2. The molecule has 2 saturated heterocycles. The van der Waals surface area contributed by atoms with Gasteiger partial charge in [0.2, 0.25) is 5.91 Å². The highest BCUT2D eigenvalue weighted by Crippen LogP contribution is 2.28. The van der Waals surface area contributed by atoms with E-state index in [1.165, 1.54) is 29.2 Å². The van der Waals surface area contributed by atoms with Gasteiger partial charge in [-0.25, -0.2) is 13.6 Å². The molecule has 2 heterocycles. The first kappa shape index (κ1) is 24.6. The molecule has 0 saturated carbocycles. The lowest BCUT2D eigenvalue weighted by Crippen LogP contribution is -2.48. The number of thiocarbonyl (C=S) groups is 1. The van der Waals surface area contributed by atoms with Crippen molar-refractivity contribution >= 4 is 46.7 Å². The van der Waals surface area contributed by atoms with Crippen LogP contribution < -0.4 is 15.1 Å². The zero-order chi connectivity index (χ0) is 24.9. The van der Waals surface area contributed by atoms with Crippen LogP contribution in [0.3, 0.4) is 0 Å². The van der Waals surface area contributed by atoms with Crippen molar-refractivity contribution in [3.05, 3.63) is 65.7 Å². The summed E-state index contributed by atoms with van der Waals surface area (Å²) in [5.74, 6) is -0.920. The minimum atomic E-state index is -0.521. The van der Waals surface area contributed by atoms with Gasteiger partial charge in [0, 0.05) is 32.3 Å². The third-order valence-corrected chi connectivity index (χ3v) is 6.06. The molecule has 0 bridgehead atoms. The molecule has 7 nitrogen and oxygen atoms in total. The predicted molar refractivity (Wildman–Crippen MR) is 135 cm³/mol. The summed E-state index contributed by atoms with van der Waals surface area (Å²) < 4.78 is 33.3. The van der Waals surface area contributed by atoms with Crippen LogP contribution in [-0.4, -0.2) is 67.3 Å². The van der Waals surface area contributed by atoms with Crippen molar-refractivity contribution in [2.75, 3.05) is 49.1 Å². The van der Waals surface area contributed by atoms with Gasteiger partial charge in [-0.3, -0.25) is 9.69 Å². The minimum absolute atomic E-state index is 0.148. The number of amides is 2. The molecular weight excluding hydrogens is 474 g/mol. The Balaban J connectivity index is 1.33. The summed E-state index contributed by atoms with van der Waals surface area (Å²) in [6, 6.07) is 10.6. The summed E-state index contributed by atoms with van der Waals surface area (Å²) in [4.78, 5) is 30.3. The van der Waals surface area contributed by atoms with Gasteiger partial charge < -0.3 is 19.9 Å². The standard InChI is InChI=1S/C25H26F2N4O3S/c1-17(35)28-15-21-16-31(25(33)34-21)20-7-8-23(22(27)14-20)29-10-12-30(13-11-29)24(32)9-4-18-2-5-19(26)6-3-18/h2-9,14,21H,10-13,15-16H2,1H3,(H,28,35)/t21-/m0/s1. The number of cyclic esters (lactones) is 1. The number of carbonyl (C=O) groups is 2. The highest BCUT2D eigenvalue weighted by molar-refractivity contribution is 7.80. The zero-order valence-electron chi connectivity index (χ0n) is 19.2. The van der Waals surface area contributed by atoms with Crippen LogP contribution in [0.4, 0.5) is 25.0 Å². The Bertz CT molecular complexity index is 1130. The topological polar surface area (TPSA) is 65.1 Å². The number of hydrogen-bond acceptors (Lipinski definition) is 5. The molecule has 0 aliphatic carbocycles. The second-order valence-corrected chi connectivity index (χ2v) is 9.00. The molecule has 2 amide bonds. The molecule has 2 aliphatic heterocycles. The van der Waals surface area contributed by atoms with Crippen molar-refractivity contribution in [3.63, 3.8) is 0 Å². The summed E-state index contributed by atoms with van der Waals surface area (Å²) in [7, 11) is 0. The maximum atomic E-state index is 15.0. The van der Waals surface area contributed by atoms with Crippen LogP contribution in [0.5, 0.6) is 0 Å². The van der Waals surface area contributed by atoms with Gasteiger partial charge >= 0.3 is 6.09 Å². The maximum Gasteiger partial charge on any atom is 0.414 e. The fourth-order valence-electron chi connectivity index (χ4n) is 4.03. The van der Waals surface area contributed by atoms with Gasteiger partial charge in [-0.15, -0.1) is 0 Å². The van der Waals surface area contributed by atoms with E-state index in [2.05, 4.69) is 5.32 Å². The molecule has 0 unspecified atom stereocenters. The molecule has 0 spiro atoms. The van der Waals surface area contributed by atoms with Crippen molar-refractivity contribution < 1.29 is 23.1 Å². The van der Waals surface area contributed by atoms with E-state index in [4.69, 9.17) is 17.0 Å². The Morgan fingerprint density at radius 1 is 1.14 bits per heavy atom. The molecular formula is C25H26F2N4O3S. The molecule has 0 aromatic heterocycles. The summed E-state index contributed by atoms with van der Waals surface area (Å²) in [5.41, 5.74) is 1.58. The summed E-state index contributed by atoms with van der Waals surface area (Å²) in [5, 5.41) is 2.97. The molecule has 2 aromatic carbocycles. The zero-order valence-corrected chi connectivity index (χ0v) is 20.1. The lowest BCUT2D eigenvalue weighted by Gasteiger charge is -2.36. The average molecular weight is 501 g/mol. The number of carbonyl (C=O) groups excluding carboxylic acids is 2. The summed E-state index contributed by atoms with van der Waals surface area (Å²) >= 11 is 4.98. The molecule has 2 aromatic rings. The van der Waals surface area contributed by atoms with E-state index in [1.807, 2.05) is 4.90 Å². The maximum absolute atomic E-state index is 15.0. The Hall–Kier alpha value is -3.53. The number of anilines is 2. The SMILES string of the molecule is CC(=S)NC[C@H]1CN(c2ccc(N3CCN(C(=O)C=Cc4ccc(F)cc4)CC3)c(F)c2)C(=O)O1. The largest absolute Gasteiger partial charge is 0.442 e. The van der Waals surface area contributed by atoms with Crippen LogP contribution in [-0.2, 0) is 9.53 Å². The summed E-state index contributed by atoms with van der Waals surface area (Å²) in [6.45, 7) is 4.30.